The van der Waals surface area contributed by atoms with Gasteiger partial charge in [0.25, 0.3) is 5.91 Å². The summed E-state index contributed by atoms with van der Waals surface area (Å²) in [5, 5.41) is 8.93. The zero-order chi connectivity index (χ0) is 17.2. The molecule has 0 saturated carbocycles. The Balaban J connectivity index is 2.32. The van der Waals surface area contributed by atoms with Crippen LogP contribution in [0.2, 0.25) is 0 Å². The van der Waals surface area contributed by atoms with Crippen LogP contribution >= 0.6 is 0 Å². The number of morpholine rings is 1. The lowest BCUT2D eigenvalue weighted by Gasteiger charge is -2.31. The van der Waals surface area contributed by atoms with Crippen LogP contribution in [0.4, 0.5) is 4.39 Å². The average Bonchev–Trinajstić information content (AvgIpc) is 2.54. The van der Waals surface area contributed by atoms with E-state index in [1.54, 1.807) is 0 Å². The molecular formula is C14H16FNO6S. The maximum absolute atomic E-state index is 13.9. The first-order valence-corrected chi connectivity index (χ1v) is 8.57. The molecule has 7 nitrogen and oxygen atoms in total. The third-order valence-corrected chi connectivity index (χ3v) is 5.27. The molecule has 0 radical (unpaired) electrons. The van der Waals surface area contributed by atoms with Gasteiger partial charge in [-0.15, -0.1) is 0 Å². The molecule has 9 heteroatoms. The van der Waals surface area contributed by atoms with E-state index in [1.807, 2.05) is 0 Å². The van der Waals surface area contributed by atoms with Crippen LogP contribution in [-0.2, 0) is 19.4 Å². The van der Waals surface area contributed by atoms with Crippen LogP contribution in [-0.4, -0.2) is 61.9 Å². The van der Waals surface area contributed by atoms with Crippen molar-refractivity contribution in [3.63, 3.8) is 0 Å². The van der Waals surface area contributed by atoms with Crippen LogP contribution in [0.25, 0.3) is 0 Å². The summed E-state index contributed by atoms with van der Waals surface area (Å²) < 4.78 is 42.7. The lowest BCUT2D eigenvalue weighted by atomic mass is 10.1. The SMILES string of the molecule is CCS(=O)(=O)c1ccc(F)c(C(=O)N2CCOC(C(=O)O)C2)c1. The molecule has 1 aromatic carbocycles. The summed E-state index contributed by atoms with van der Waals surface area (Å²) in [6, 6.07) is 3.01. The summed E-state index contributed by atoms with van der Waals surface area (Å²) in [7, 11) is -3.58. The second-order valence-electron chi connectivity index (χ2n) is 4.99. The fourth-order valence-corrected chi connectivity index (χ4v) is 3.09. The van der Waals surface area contributed by atoms with E-state index in [2.05, 4.69) is 0 Å². The van der Waals surface area contributed by atoms with Gasteiger partial charge >= 0.3 is 5.97 Å². The van der Waals surface area contributed by atoms with Gasteiger partial charge in [0.15, 0.2) is 15.9 Å². The molecule has 0 aromatic heterocycles. The average molecular weight is 345 g/mol. The fraction of sp³-hybridized carbons (Fsp3) is 0.429. The fourth-order valence-electron chi connectivity index (χ4n) is 2.18. The Morgan fingerprint density at radius 1 is 1.43 bits per heavy atom. The van der Waals surface area contributed by atoms with Crippen molar-refractivity contribution in [2.75, 3.05) is 25.4 Å². The second kappa shape index (κ2) is 6.63. The predicted molar refractivity (Wildman–Crippen MR) is 77.4 cm³/mol. The van der Waals surface area contributed by atoms with Crippen molar-refractivity contribution in [2.24, 2.45) is 0 Å². The minimum atomic E-state index is -3.58. The van der Waals surface area contributed by atoms with Crippen molar-refractivity contribution in [3.05, 3.63) is 29.6 Å². The molecule has 1 saturated heterocycles. The van der Waals surface area contributed by atoms with E-state index in [0.717, 1.165) is 23.1 Å². The molecule has 1 atom stereocenters. The number of benzene rings is 1. The predicted octanol–water partition coefficient (Wildman–Crippen LogP) is 0.545. The van der Waals surface area contributed by atoms with Crippen molar-refractivity contribution < 1.29 is 32.2 Å². The van der Waals surface area contributed by atoms with Crippen LogP contribution in [0.15, 0.2) is 23.1 Å². The van der Waals surface area contributed by atoms with Gasteiger partial charge in [0, 0.05) is 6.54 Å². The molecule has 1 N–H and O–H groups in total. The number of amides is 1. The minimum absolute atomic E-state index is 0.0112. The van der Waals surface area contributed by atoms with Gasteiger partial charge in [0.2, 0.25) is 0 Å². The highest BCUT2D eigenvalue weighted by atomic mass is 32.2. The molecule has 1 aliphatic heterocycles. The molecule has 0 bridgehead atoms. The Labute approximate surface area is 132 Å². The lowest BCUT2D eigenvalue weighted by Crippen LogP contribution is -2.48. The highest BCUT2D eigenvalue weighted by Crippen LogP contribution is 2.19. The van der Waals surface area contributed by atoms with Crippen LogP contribution in [0.1, 0.15) is 17.3 Å². The number of aliphatic carboxylic acids is 1. The molecular weight excluding hydrogens is 329 g/mol. The first-order valence-electron chi connectivity index (χ1n) is 6.92. The Hall–Kier alpha value is -2.00. The van der Waals surface area contributed by atoms with Crippen LogP contribution in [0, 0.1) is 5.82 Å². The van der Waals surface area contributed by atoms with E-state index in [9.17, 15) is 22.4 Å². The summed E-state index contributed by atoms with van der Waals surface area (Å²) in [6.45, 7) is 1.34. The number of carbonyl (C=O) groups is 2. The number of hydrogen-bond donors (Lipinski definition) is 1. The number of rotatable bonds is 4. The second-order valence-corrected chi connectivity index (χ2v) is 7.27. The Bertz CT molecular complexity index is 733. The smallest absolute Gasteiger partial charge is 0.334 e. The Kier molecular flexibility index (Phi) is 5.00. The van der Waals surface area contributed by atoms with Gasteiger partial charge in [-0.05, 0) is 18.2 Å². The van der Waals surface area contributed by atoms with E-state index >= 15 is 0 Å². The number of nitrogens with zero attached hydrogens (tertiary/aromatic N) is 1. The Morgan fingerprint density at radius 2 is 2.13 bits per heavy atom. The van der Waals surface area contributed by atoms with Gasteiger partial charge in [-0.25, -0.2) is 17.6 Å². The van der Waals surface area contributed by atoms with Crippen molar-refractivity contribution in [1.29, 1.82) is 0 Å². The van der Waals surface area contributed by atoms with Gasteiger partial charge in [0.1, 0.15) is 5.82 Å². The molecule has 23 heavy (non-hydrogen) atoms. The van der Waals surface area contributed by atoms with Crippen LogP contribution < -0.4 is 0 Å². The molecule has 1 heterocycles. The monoisotopic (exact) mass is 345 g/mol. The highest BCUT2D eigenvalue weighted by molar-refractivity contribution is 7.91. The number of carbonyl (C=O) groups excluding carboxylic acids is 1. The molecule has 0 spiro atoms. The number of carboxylic acid groups (broad SMARTS) is 1. The van der Waals surface area contributed by atoms with E-state index < -0.39 is 39.2 Å². The van der Waals surface area contributed by atoms with Crippen LogP contribution in [0.3, 0.4) is 0 Å². The molecule has 126 valence electrons. The molecule has 1 fully saturated rings. The molecule has 0 aliphatic carbocycles. The van der Waals surface area contributed by atoms with E-state index in [-0.39, 0.29) is 30.3 Å². The van der Waals surface area contributed by atoms with Crippen molar-refractivity contribution in [1.82, 2.24) is 4.90 Å². The standard InChI is InChI=1S/C14H16FNO6S/c1-2-23(20,21)9-3-4-11(15)10(7-9)13(17)16-5-6-22-12(8-16)14(18)19/h3-4,7,12H,2,5-6,8H2,1H3,(H,18,19). The summed E-state index contributed by atoms with van der Waals surface area (Å²) in [5.74, 6) is -3.01. The van der Waals surface area contributed by atoms with E-state index in [1.165, 1.54) is 6.92 Å². The maximum Gasteiger partial charge on any atom is 0.334 e. The summed E-state index contributed by atoms with van der Waals surface area (Å²) in [5.41, 5.74) is -0.398. The quantitative estimate of drug-likeness (QED) is 0.800. The molecule has 1 aliphatic rings. The topological polar surface area (TPSA) is 101 Å². The third kappa shape index (κ3) is 3.67. The first kappa shape index (κ1) is 17.4. The molecule has 2 rings (SSSR count). The summed E-state index contributed by atoms with van der Waals surface area (Å²) >= 11 is 0. The van der Waals surface area contributed by atoms with Crippen LogP contribution in [0.5, 0.6) is 0 Å². The zero-order valence-corrected chi connectivity index (χ0v) is 13.2. The van der Waals surface area contributed by atoms with Crippen molar-refractivity contribution >= 4 is 21.7 Å². The molecule has 1 aromatic rings. The van der Waals surface area contributed by atoms with Gasteiger partial charge < -0.3 is 14.7 Å². The van der Waals surface area contributed by atoms with Gasteiger partial charge in [-0.2, -0.15) is 0 Å². The maximum atomic E-state index is 13.9. The largest absolute Gasteiger partial charge is 0.479 e. The minimum Gasteiger partial charge on any atom is -0.479 e. The highest BCUT2D eigenvalue weighted by Gasteiger charge is 2.31. The number of halogens is 1. The van der Waals surface area contributed by atoms with Crippen molar-refractivity contribution in [3.8, 4) is 0 Å². The lowest BCUT2D eigenvalue weighted by molar-refractivity contribution is -0.154. The van der Waals surface area contributed by atoms with Gasteiger partial charge in [-0.1, -0.05) is 6.92 Å². The summed E-state index contributed by atoms with van der Waals surface area (Å²) in [6.07, 6.45) is -1.18. The first-order chi connectivity index (χ1) is 10.8. The normalized spacial score (nSPS) is 18.7. The molecule has 1 amide bonds. The molecule has 1 unspecified atom stereocenters. The van der Waals surface area contributed by atoms with E-state index in [4.69, 9.17) is 9.84 Å². The number of sulfone groups is 1. The summed E-state index contributed by atoms with van der Waals surface area (Å²) in [4.78, 5) is 24.3. The van der Waals surface area contributed by atoms with E-state index in [0.29, 0.717) is 0 Å². The zero-order valence-electron chi connectivity index (χ0n) is 12.4. The van der Waals surface area contributed by atoms with Crippen molar-refractivity contribution in [2.45, 2.75) is 17.9 Å². The third-order valence-electron chi connectivity index (χ3n) is 3.54. The van der Waals surface area contributed by atoms with Gasteiger partial charge in [-0.3, -0.25) is 4.79 Å². The number of carboxylic acids is 1. The van der Waals surface area contributed by atoms with Gasteiger partial charge in [0.05, 0.1) is 29.4 Å². The number of ether oxygens (including phenoxy) is 1. The number of hydrogen-bond acceptors (Lipinski definition) is 5. The Morgan fingerprint density at radius 3 is 2.74 bits per heavy atom.